The minimum atomic E-state index is 0.363. The first-order valence-electron chi connectivity index (χ1n) is 9.91. The van der Waals surface area contributed by atoms with E-state index in [2.05, 4.69) is 72.1 Å². The third kappa shape index (κ3) is 4.95. The van der Waals surface area contributed by atoms with E-state index < -0.39 is 0 Å². The van der Waals surface area contributed by atoms with Crippen LogP contribution in [0.2, 0.25) is 0 Å². The highest BCUT2D eigenvalue weighted by molar-refractivity contribution is 5.77. The monoisotopic (exact) mass is 355 g/mol. The number of carbonyl (C=O) groups excluding carboxylic acids is 1. The number of hydrogen-bond acceptors (Lipinski definition) is 3. The molecule has 0 spiro atoms. The minimum Gasteiger partial charge on any atom is -0.338 e. The predicted molar refractivity (Wildman–Crippen MR) is 108 cm³/mol. The van der Waals surface area contributed by atoms with Crippen LogP contribution in [0.15, 0.2) is 35.9 Å². The normalized spacial score (nSPS) is 24.8. The van der Waals surface area contributed by atoms with E-state index in [0.717, 1.165) is 52.0 Å². The van der Waals surface area contributed by atoms with Crippen LogP contribution < -0.4 is 0 Å². The van der Waals surface area contributed by atoms with E-state index in [1.165, 1.54) is 11.1 Å². The van der Waals surface area contributed by atoms with Gasteiger partial charge in [0.05, 0.1) is 0 Å². The Kier molecular flexibility index (Phi) is 6.49. The van der Waals surface area contributed by atoms with Gasteiger partial charge in [-0.25, -0.2) is 0 Å². The summed E-state index contributed by atoms with van der Waals surface area (Å²) in [6, 6.07) is 11.0. The molecule has 0 unspecified atom stereocenters. The third-order valence-corrected chi connectivity index (χ3v) is 5.70. The fourth-order valence-electron chi connectivity index (χ4n) is 4.40. The molecule has 0 saturated carbocycles. The zero-order chi connectivity index (χ0) is 18.5. The molecule has 1 amide bonds. The molecular weight excluding hydrogens is 322 g/mol. The lowest BCUT2D eigenvalue weighted by atomic mass is 9.83. The SMILES string of the molecule is CC(=Cc1ccccc1)CN1CC[C@H]2[C@H](CCC(=O)N2CCN(C)C)C1. The molecule has 1 aromatic rings. The molecule has 3 rings (SSSR count). The van der Waals surface area contributed by atoms with Gasteiger partial charge in [-0.15, -0.1) is 0 Å². The van der Waals surface area contributed by atoms with Gasteiger partial charge < -0.3 is 9.80 Å². The van der Waals surface area contributed by atoms with Crippen molar-refractivity contribution in [2.75, 3.05) is 46.8 Å². The lowest BCUT2D eigenvalue weighted by Crippen LogP contribution is -2.57. The first-order valence-corrected chi connectivity index (χ1v) is 9.91. The summed E-state index contributed by atoms with van der Waals surface area (Å²) in [7, 11) is 4.16. The summed E-state index contributed by atoms with van der Waals surface area (Å²) in [6.45, 7) is 7.30. The zero-order valence-electron chi connectivity index (χ0n) is 16.5. The van der Waals surface area contributed by atoms with E-state index in [-0.39, 0.29) is 0 Å². The Bertz CT molecular complexity index is 626. The Balaban J connectivity index is 1.57. The second-order valence-corrected chi connectivity index (χ2v) is 8.18. The number of carbonyl (C=O) groups is 1. The van der Waals surface area contributed by atoms with Crippen molar-refractivity contribution in [1.82, 2.24) is 14.7 Å². The van der Waals surface area contributed by atoms with Crippen molar-refractivity contribution in [3.63, 3.8) is 0 Å². The number of hydrogen-bond donors (Lipinski definition) is 0. The quantitative estimate of drug-likeness (QED) is 0.785. The number of fused-ring (bicyclic) bond motifs is 1. The molecular formula is C22H33N3O. The molecule has 142 valence electrons. The van der Waals surface area contributed by atoms with Gasteiger partial charge >= 0.3 is 0 Å². The topological polar surface area (TPSA) is 26.8 Å². The summed E-state index contributed by atoms with van der Waals surface area (Å²) in [5, 5.41) is 0. The molecule has 26 heavy (non-hydrogen) atoms. The summed E-state index contributed by atoms with van der Waals surface area (Å²) in [5.41, 5.74) is 2.68. The summed E-state index contributed by atoms with van der Waals surface area (Å²) in [5.74, 6) is 0.995. The van der Waals surface area contributed by atoms with Crippen LogP contribution in [0.5, 0.6) is 0 Å². The van der Waals surface area contributed by atoms with E-state index in [1.807, 2.05) is 0 Å². The molecule has 0 aromatic heterocycles. The lowest BCUT2D eigenvalue weighted by Gasteiger charge is -2.47. The minimum absolute atomic E-state index is 0.363. The average molecular weight is 356 g/mol. The van der Waals surface area contributed by atoms with Crippen LogP contribution >= 0.6 is 0 Å². The summed E-state index contributed by atoms with van der Waals surface area (Å²) in [6.07, 6.45) is 5.18. The molecule has 2 aliphatic rings. The molecule has 2 aliphatic heterocycles. The summed E-state index contributed by atoms with van der Waals surface area (Å²) >= 11 is 0. The van der Waals surface area contributed by atoms with Gasteiger partial charge in [-0.3, -0.25) is 9.69 Å². The van der Waals surface area contributed by atoms with Crippen LogP contribution in [-0.4, -0.2) is 73.5 Å². The van der Waals surface area contributed by atoms with Crippen molar-refractivity contribution in [2.24, 2.45) is 5.92 Å². The maximum absolute atomic E-state index is 12.4. The maximum Gasteiger partial charge on any atom is 0.222 e. The largest absolute Gasteiger partial charge is 0.338 e. The Morgan fingerprint density at radius 3 is 2.73 bits per heavy atom. The van der Waals surface area contributed by atoms with E-state index >= 15 is 0 Å². The molecule has 2 saturated heterocycles. The highest BCUT2D eigenvalue weighted by atomic mass is 16.2. The van der Waals surface area contributed by atoms with Gasteiger partial charge in [-0.1, -0.05) is 42.0 Å². The molecule has 0 bridgehead atoms. The molecule has 2 fully saturated rings. The third-order valence-electron chi connectivity index (χ3n) is 5.70. The van der Waals surface area contributed by atoms with Gasteiger partial charge in [0.2, 0.25) is 5.91 Å². The Labute approximate surface area is 158 Å². The van der Waals surface area contributed by atoms with Crippen molar-refractivity contribution in [2.45, 2.75) is 32.2 Å². The smallest absolute Gasteiger partial charge is 0.222 e. The zero-order valence-corrected chi connectivity index (χ0v) is 16.5. The molecule has 0 radical (unpaired) electrons. The summed E-state index contributed by atoms with van der Waals surface area (Å²) in [4.78, 5) is 19.3. The van der Waals surface area contributed by atoms with Crippen molar-refractivity contribution in [1.29, 1.82) is 0 Å². The lowest BCUT2D eigenvalue weighted by molar-refractivity contribution is -0.141. The van der Waals surface area contributed by atoms with E-state index in [1.54, 1.807) is 0 Å². The highest BCUT2D eigenvalue weighted by Gasteiger charge is 2.38. The number of nitrogens with zero attached hydrogens (tertiary/aromatic N) is 3. The van der Waals surface area contributed by atoms with Gasteiger partial charge in [-0.2, -0.15) is 0 Å². The predicted octanol–water partition coefficient (Wildman–Crippen LogP) is 2.96. The fraction of sp³-hybridized carbons (Fsp3) is 0.591. The van der Waals surface area contributed by atoms with Crippen molar-refractivity contribution in [3.8, 4) is 0 Å². The molecule has 0 N–H and O–H groups in total. The number of likely N-dealkylation sites (tertiary alicyclic amines) is 2. The van der Waals surface area contributed by atoms with Crippen molar-refractivity contribution >= 4 is 12.0 Å². The standard InChI is InChI=1S/C22H33N3O/c1-18(15-19-7-5-4-6-8-19)16-24-12-11-21-20(17-24)9-10-22(26)25(21)14-13-23(2)3/h4-8,15,20-21H,9-14,16-17H2,1-3H3/t20-,21+/m1/s1. The summed E-state index contributed by atoms with van der Waals surface area (Å²) < 4.78 is 0. The number of benzene rings is 1. The number of likely N-dealkylation sites (N-methyl/N-ethyl adjacent to an activating group) is 1. The maximum atomic E-state index is 12.4. The van der Waals surface area contributed by atoms with Crippen LogP contribution in [0.25, 0.3) is 6.08 Å². The number of piperidine rings is 2. The fourth-order valence-corrected chi connectivity index (χ4v) is 4.40. The Morgan fingerprint density at radius 1 is 1.23 bits per heavy atom. The van der Waals surface area contributed by atoms with Crippen LogP contribution in [0.1, 0.15) is 31.7 Å². The van der Waals surface area contributed by atoms with E-state index in [0.29, 0.717) is 17.9 Å². The number of amides is 1. The Morgan fingerprint density at radius 2 is 2.00 bits per heavy atom. The van der Waals surface area contributed by atoms with Gasteiger partial charge in [0.15, 0.2) is 0 Å². The first-order chi connectivity index (χ1) is 12.5. The second kappa shape index (κ2) is 8.83. The van der Waals surface area contributed by atoms with Gasteiger partial charge in [0, 0.05) is 45.2 Å². The van der Waals surface area contributed by atoms with Crippen LogP contribution in [0.4, 0.5) is 0 Å². The van der Waals surface area contributed by atoms with Crippen LogP contribution in [0, 0.1) is 5.92 Å². The van der Waals surface area contributed by atoms with Crippen LogP contribution in [-0.2, 0) is 4.79 Å². The number of rotatable bonds is 6. The van der Waals surface area contributed by atoms with Crippen LogP contribution in [0.3, 0.4) is 0 Å². The second-order valence-electron chi connectivity index (χ2n) is 8.18. The highest BCUT2D eigenvalue weighted by Crippen LogP contribution is 2.31. The molecule has 0 aliphatic carbocycles. The molecule has 2 heterocycles. The van der Waals surface area contributed by atoms with Gasteiger partial charge in [-0.05, 0) is 45.3 Å². The first kappa shape index (κ1) is 19.1. The Hall–Kier alpha value is -1.65. The van der Waals surface area contributed by atoms with Crippen molar-refractivity contribution < 1.29 is 4.79 Å². The molecule has 2 atom stereocenters. The molecule has 4 heteroatoms. The molecule has 4 nitrogen and oxygen atoms in total. The average Bonchev–Trinajstić information content (AvgIpc) is 2.61. The van der Waals surface area contributed by atoms with Crippen molar-refractivity contribution in [3.05, 3.63) is 41.5 Å². The van der Waals surface area contributed by atoms with Gasteiger partial charge in [0.25, 0.3) is 0 Å². The van der Waals surface area contributed by atoms with Gasteiger partial charge in [0.1, 0.15) is 0 Å². The van der Waals surface area contributed by atoms with E-state index in [9.17, 15) is 4.79 Å². The van der Waals surface area contributed by atoms with E-state index in [4.69, 9.17) is 0 Å². The molecule has 1 aromatic carbocycles.